The number of amides is 1. The molecule has 0 atom stereocenters. The zero-order chi connectivity index (χ0) is 9.10. The second-order valence-electron chi connectivity index (χ2n) is 2.61. The molecule has 13 heavy (non-hydrogen) atoms. The van der Waals surface area contributed by atoms with E-state index in [9.17, 15) is 4.79 Å². The summed E-state index contributed by atoms with van der Waals surface area (Å²) >= 11 is 0. The smallest absolute Gasteiger partial charge is 0.302 e. The lowest BCUT2D eigenvalue weighted by Gasteiger charge is -2.01. The molecule has 1 amide bonds. The molecule has 1 heterocycles. The zero-order valence-corrected chi connectivity index (χ0v) is 6.82. The van der Waals surface area contributed by atoms with Gasteiger partial charge in [0.2, 0.25) is 0 Å². The molecule has 0 aliphatic heterocycles. The van der Waals surface area contributed by atoms with Crippen LogP contribution in [0.2, 0.25) is 0 Å². The Morgan fingerprint density at radius 1 is 1.23 bits per heavy atom. The first kappa shape index (κ1) is 7.73. The van der Waals surface area contributed by atoms with Crippen LogP contribution in [-0.2, 0) is 4.79 Å². The molecule has 0 unspecified atom stereocenters. The van der Waals surface area contributed by atoms with E-state index in [4.69, 9.17) is 0 Å². The van der Waals surface area contributed by atoms with Gasteiger partial charge in [0, 0.05) is 11.6 Å². The van der Waals surface area contributed by atoms with Gasteiger partial charge in [-0.15, -0.1) is 0 Å². The number of benzene rings is 1. The highest BCUT2D eigenvalue weighted by atomic mass is 16.1. The molecule has 63 valence electrons. The number of fused-ring (bicyclic) bond motifs is 1. The Kier molecular flexibility index (Phi) is 1.92. The van der Waals surface area contributed by atoms with Gasteiger partial charge < -0.3 is 5.32 Å². The minimum atomic E-state index is 0.549. The molecule has 0 saturated heterocycles. The molecular formula is C10H7N2O. The van der Waals surface area contributed by atoms with E-state index in [-0.39, 0.29) is 0 Å². The van der Waals surface area contributed by atoms with Crippen LogP contribution in [-0.4, -0.2) is 11.4 Å². The summed E-state index contributed by atoms with van der Waals surface area (Å²) in [6.45, 7) is 0. The van der Waals surface area contributed by atoms with E-state index in [1.807, 2.05) is 30.3 Å². The van der Waals surface area contributed by atoms with E-state index in [0.29, 0.717) is 5.82 Å². The Morgan fingerprint density at radius 3 is 2.92 bits per heavy atom. The summed E-state index contributed by atoms with van der Waals surface area (Å²) < 4.78 is 0. The van der Waals surface area contributed by atoms with Gasteiger partial charge >= 0.3 is 6.41 Å². The molecule has 0 aliphatic carbocycles. The van der Waals surface area contributed by atoms with Crippen LogP contribution in [0.4, 0.5) is 5.82 Å². The number of anilines is 1. The van der Waals surface area contributed by atoms with Gasteiger partial charge in [0.15, 0.2) is 0 Å². The predicted octanol–water partition coefficient (Wildman–Crippen LogP) is 1.71. The van der Waals surface area contributed by atoms with Crippen molar-refractivity contribution in [1.29, 1.82) is 0 Å². The maximum Gasteiger partial charge on any atom is 0.315 e. The SMILES string of the molecule is O=[C]Nc1nccc2ccccc12. The number of aromatic nitrogens is 1. The van der Waals surface area contributed by atoms with Gasteiger partial charge in [-0.1, -0.05) is 24.3 Å². The van der Waals surface area contributed by atoms with Crippen molar-refractivity contribution in [3.8, 4) is 0 Å². The van der Waals surface area contributed by atoms with E-state index in [0.717, 1.165) is 10.8 Å². The van der Waals surface area contributed by atoms with E-state index in [1.54, 1.807) is 12.6 Å². The summed E-state index contributed by atoms with van der Waals surface area (Å²) in [5.41, 5.74) is 0. The van der Waals surface area contributed by atoms with Gasteiger partial charge in [-0.25, -0.2) is 4.98 Å². The number of pyridine rings is 1. The highest BCUT2D eigenvalue weighted by Gasteiger charge is 1.98. The van der Waals surface area contributed by atoms with Gasteiger partial charge in [-0.05, 0) is 11.5 Å². The van der Waals surface area contributed by atoms with Crippen molar-refractivity contribution in [3.05, 3.63) is 36.5 Å². The lowest BCUT2D eigenvalue weighted by atomic mass is 10.2. The van der Waals surface area contributed by atoms with Crippen LogP contribution in [0, 0.1) is 0 Å². The van der Waals surface area contributed by atoms with Crippen LogP contribution in [0.3, 0.4) is 0 Å². The Balaban J connectivity index is 2.68. The summed E-state index contributed by atoms with van der Waals surface area (Å²) in [6, 6.07) is 9.61. The van der Waals surface area contributed by atoms with Crippen molar-refractivity contribution in [2.45, 2.75) is 0 Å². The van der Waals surface area contributed by atoms with Crippen molar-refractivity contribution in [2.75, 3.05) is 5.32 Å². The van der Waals surface area contributed by atoms with Gasteiger partial charge in [-0.3, -0.25) is 4.79 Å². The maximum absolute atomic E-state index is 10.1. The molecular weight excluding hydrogens is 164 g/mol. The lowest BCUT2D eigenvalue weighted by Crippen LogP contribution is -1.96. The quantitative estimate of drug-likeness (QED) is 0.699. The Labute approximate surface area is 75.4 Å². The van der Waals surface area contributed by atoms with E-state index in [1.165, 1.54) is 0 Å². The van der Waals surface area contributed by atoms with Crippen molar-refractivity contribution >= 4 is 23.0 Å². The first-order valence-corrected chi connectivity index (χ1v) is 3.89. The van der Waals surface area contributed by atoms with Gasteiger partial charge in [0.25, 0.3) is 0 Å². The fourth-order valence-corrected chi connectivity index (χ4v) is 1.27. The molecule has 1 N–H and O–H groups in total. The summed E-state index contributed by atoms with van der Waals surface area (Å²) in [5.74, 6) is 0.549. The van der Waals surface area contributed by atoms with Gasteiger partial charge in [0.05, 0.1) is 0 Å². The lowest BCUT2D eigenvalue weighted by molar-refractivity contribution is 0.561. The molecule has 0 fully saturated rings. The number of nitrogens with one attached hydrogen (secondary N) is 1. The largest absolute Gasteiger partial charge is 0.315 e. The molecule has 1 radical (unpaired) electrons. The first-order valence-electron chi connectivity index (χ1n) is 3.89. The second-order valence-corrected chi connectivity index (χ2v) is 2.61. The van der Waals surface area contributed by atoms with E-state index >= 15 is 0 Å². The van der Waals surface area contributed by atoms with E-state index < -0.39 is 0 Å². The molecule has 1 aromatic carbocycles. The highest BCUT2D eigenvalue weighted by molar-refractivity contribution is 5.95. The van der Waals surface area contributed by atoms with Crippen LogP contribution in [0.25, 0.3) is 10.8 Å². The minimum Gasteiger partial charge on any atom is -0.302 e. The number of rotatable bonds is 2. The summed E-state index contributed by atoms with van der Waals surface area (Å²) in [5, 5.41) is 4.41. The summed E-state index contributed by atoms with van der Waals surface area (Å²) in [7, 11) is 0. The number of hydrogen-bond acceptors (Lipinski definition) is 2. The summed E-state index contributed by atoms with van der Waals surface area (Å²) in [6.07, 6.45) is 3.27. The third-order valence-corrected chi connectivity index (χ3v) is 1.84. The average molecular weight is 171 g/mol. The predicted molar refractivity (Wildman–Crippen MR) is 51.1 cm³/mol. The van der Waals surface area contributed by atoms with E-state index in [2.05, 4.69) is 10.3 Å². The monoisotopic (exact) mass is 171 g/mol. The molecule has 0 aliphatic rings. The van der Waals surface area contributed by atoms with Crippen LogP contribution in [0.15, 0.2) is 36.5 Å². The normalized spacial score (nSPS) is 9.85. The molecule has 2 aromatic rings. The standard InChI is InChI=1S/C10H7N2O/c13-7-12-10-9-4-2-1-3-8(9)5-6-11-10/h1-6H,(H,11,12,13). The fraction of sp³-hybridized carbons (Fsp3) is 0. The van der Waals surface area contributed by atoms with Crippen molar-refractivity contribution < 1.29 is 4.79 Å². The molecule has 0 bridgehead atoms. The Morgan fingerprint density at radius 2 is 2.08 bits per heavy atom. The van der Waals surface area contributed by atoms with Crippen LogP contribution in [0.5, 0.6) is 0 Å². The van der Waals surface area contributed by atoms with Gasteiger partial charge in [0.1, 0.15) is 5.82 Å². The Hall–Kier alpha value is -1.90. The van der Waals surface area contributed by atoms with Gasteiger partial charge in [-0.2, -0.15) is 0 Å². The number of nitrogens with zero attached hydrogens (tertiary/aromatic N) is 1. The highest BCUT2D eigenvalue weighted by Crippen LogP contribution is 2.19. The second kappa shape index (κ2) is 3.23. The fourth-order valence-electron chi connectivity index (χ4n) is 1.27. The van der Waals surface area contributed by atoms with Crippen LogP contribution < -0.4 is 5.32 Å². The third kappa shape index (κ3) is 1.36. The zero-order valence-electron chi connectivity index (χ0n) is 6.82. The van der Waals surface area contributed by atoms with Crippen molar-refractivity contribution in [1.82, 2.24) is 4.98 Å². The average Bonchev–Trinajstić information content (AvgIpc) is 2.19. The number of hydrogen-bond donors (Lipinski definition) is 1. The molecule has 2 rings (SSSR count). The molecule has 0 saturated carbocycles. The van der Waals surface area contributed by atoms with Crippen molar-refractivity contribution in [2.24, 2.45) is 0 Å². The molecule has 3 heteroatoms. The molecule has 3 nitrogen and oxygen atoms in total. The number of carbonyl (C=O) groups excluding carboxylic acids is 1. The topological polar surface area (TPSA) is 42.0 Å². The summed E-state index contributed by atoms with van der Waals surface area (Å²) in [4.78, 5) is 14.2. The third-order valence-electron chi connectivity index (χ3n) is 1.84. The van der Waals surface area contributed by atoms with Crippen molar-refractivity contribution in [3.63, 3.8) is 0 Å². The first-order chi connectivity index (χ1) is 6.42. The van der Waals surface area contributed by atoms with Crippen LogP contribution >= 0.6 is 0 Å². The maximum atomic E-state index is 10.1. The molecule has 1 aromatic heterocycles. The molecule has 0 spiro atoms. The van der Waals surface area contributed by atoms with Crippen LogP contribution in [0.1, 0.15) is 0 Å². The minimum absolute atomic E-state index is 0.549. The Bertz CT molecular complexity index is 434.